The van der Waals surface area contributed by atoms with Crippen LogP contribution in [0.4, 0.5) is 4.79 Å². The van der Waals surface area contributed by atoms with Crippen LogP contribution in [0.3, 0.4) is 0 Å². The fourth-order valence-corrected chi connectivity index (χ4v) is 4.93. The van der Waals surface area contributed by atoms with Crippen LogP contribution in [-0.2, 0) is 38.0 Å². The largest absolute Gasteiger partial charge is 0.508 e. The first-order valence-electron chi connectivity index (χ1n) is 13.6. The summed E-state index contributed by atoms with van der Waals surface area (Å²) in [4.78, 5) is 34.3. The molecular weight excluding hydrogens is 624 g/mol. The fraction of sp³-hybridized carbons (Fsp3) is 0.875. The van der Waals surface area contributed by atoms with Gasteiger partial charge in [-0.05, 0) is 0 Å². The Balaban J connectivity index is 1.91. The maximum absolute atomic E-state index is 12.6. The molecule has 0 aromatic rings. The molecule has 1 aliphatic carbocycles. The van der Waals surface area contributed by atoms with E-state index in [1.54, 1.807) is 0 Å². The molecule has 1 saturated carbocycles. The van der Waals surface area contributed by atoms with E-state index in [1.165, 1.54) is 0 Å². The van der Waals surface area contributed by atoms with E-state index in [2.05, 4.69) is 0 Å². The van der Waals surface area contributed by atoms with E-state index in [9.17, 15) is 75.7 Å². The van der Waals surface area contributed by atoms with Gasteiger partial charge in [0, 0.05) is 6.42 Å². The van der Waals surface area contributed by atoms with Gasteiger partial charge in [0.25, 0.3) is 0 Å². The van der Waals surface area contributed by atoms with Crippen LogP contribution in [-0.4, -0.2) is 203 Å². The number of rotatable bonds is 12. The molecule has 0 spiro atoms. The van der Waals surface area contributed by atoms with Crippen molar-refractivity contribution in [2.24, 2.45) is 0 Å². The molecule has 2 heterocycles. The molecule has 10 unspecified atom stereocenters. The number of aldehydes is 1. The molecule has 260 valence electrons. The van der Waals surface area contributed by atoms with Crippen LogP contribution >= 0.6 is 0 Å². The molecule has 3 fully saturated rings. The predicted molar refractivity (Wildman–Crippen MR) is 133 cm³/mol. The van der Waals surface area contributed by atoms with Crippen molar-refractivity contribution in [3.8, 4) is 0 Å². The first-order chi connectivity index (χ1) is 21.2. The van der Waals surface area contributed by atoms with Crippen molar-refractivity contribution in [2.75, 3.05) is 19.8 Å². The lowest BCUT2D eigenvalue weighted by atomic mass is 9.84. The number of ketones is 1. The minimum Gasteiger partial charge on any atom is -0.432 e. The number of aliphatic hydroxyl groups is 12. The summed E-state index contributed by atoms with van der Waals surface area (Å²) in [7, 11) is 0. The summed E-state index contributed by atoms with van der Waals surface area (Å²) in [5.41, 5.74) is 0. The molecule has 45 heavy (non-hydrogen) atoms. The number of hydrogen-bond acceptors (Lipinski definition) is 21. The number of Topliss-reactive ketones (excluding diaryl/α,β-unsaturated/α-hetero) is 1. The summed E-state index contributed by atoms with van der Waals surface area (Å²) in [6.07, 6.45) is -36.1. The molecule has 2 saturated heterocycles. The first-order valence-corrected chi connectivity index (χ1v) is 13.6. The van der Waals surface area contributed by atoms with Crippen LogP contribution in [0.15, 0.2) is 0 Å². The zero-order valence-electron chi connectivity index (χ0n) is 23.3. The van der Waals surface area contributed by atoms with Crippen molar-refractivity contribution in [1.82, 2.24) is 0 Å². The molecule has 15 atom stereocenters. The number of carbonyl (C=O) groups is 3. The summed E-state index contributed by atoms with van der Waals surface area (Å²) in [5, 5.41) is 122. The number of ether oxygens (including phenoxy) is 6. The van der Waals surface area contributed by atoms with Gasteiger partial charge < -0.3 is 89.7 Å². The summed E-state index contributed by atoms with van der Waals surface area (Å²) < 4.78 is 31.3. The van der Waals surface area contributed by atoms with Gasteiger partial charge in [-0.25, -0.2) is 4.79 Å². The summed E-state index contributed by atoms with van der Waals surface area (Å²) in [6.45, 7) is -2.72. The SMILES string of the molecule is O=CC(=O)C[C@@H](O)COC(=O)OC1C(O[C@H]2OC(CO)[C@@H](O)C(O)C2O)C(O)C(O)C(O)C1O[C@H]1OC(CO)[C@@H](O)C(O)C1O. The van der Waals surface area contributed by atoms with Gasteiger partial charge in [-0.1, -0.05) is 0 Å². The Labute approximate surface area is 253 Å². The maximum Gasteiger partial charge on any atom is 0.508 e. The maximum atomic E-state index is 12.6. The van der Waals surface area contributed by atoms with E-state index in [4.69, 9.17) is 28.4 Å². The second-order valence-electron chi connectivity index (χ2n) is 10.7. The molecule has 12 N–H and O–H groups in total. The second kappa shape index (κ2) is 16.2. The highest BCUT2D eigenvalue weighted by Crippen LogP contribution is 2.34. The van der Waals surface area contributed by atoms with Crippen molar-refractivity contribution in [3.63, 3.8) is 0 Å². The standard InChI is InChI=1S/C24H38O21/c25-2-6(28)1-7(29)5-40-24(39)45-21-19(43-22-17(37)12(32)10(30)8(3-26)41-22)15(35)14(34)16(36)20(21)44-23-18(38)13(33)11(31)9(4-27)42-23/h2,7-23,26-27,29-38H,1,3-5H2/t7-,8?,9?,10-,11-,12?,13?,14?,15?,16?,17?,18?,19?,20?,21?,22-,23-/m1/s1. The lowest BCUT2D eigenvalue weighted by molar-refractivity contribution is -0.361. The van der Waals surface area contributed by atoms with E-state index in [0.717, 1.165) is 0 Å². The summed E-state index contributed by atoms with van der Waals surface area (Å²) in [5.74, 6) is -1.03. The molecule has 0 radical (unpaired) electrons. The molecule has 0 bridgehead atoms. The van der Waals surface area contributed by atoms with Gasteiger partial charge >= 0.3 is 6.16 Å². The molecule has 3 rings (SSSR count). The average Bonchev–Trinajstić information content (AvgIpc) is 3.02. The Bertz CT molecular complexity index is 929. The van der Waals surface area contributed by atoms with Crippen LogP contribution in [0.1, 0.15) is 6.42 Å². The van der Waals surface area contributed by atoms with Gasteiger partial charge in [0.05, 0.1) is 19.3 Å². The highest BCUT2D eigenvalue weighted by molar-refractivity contribution is 6.25. The topological polar surface area (TPSA) is 349 Å². The van der Waals surface area contributed by atoms with Crippen LogP contribution in [0, 0.1) is 0 Å². The van der Waals surface area contributed by atoms with E-state index in [1.807, 2.05) is 0 Å². The molecule has 0 aromatic carbocycles. The van der Waals surface area contributed by atoms with Crippen molar-refractivity contribution in [1.29, 1.82) is 0 Å². The van der Waals surface area contributed by atoms with Crippen LogP contribution in [0.25, 0.3) is 0 Å². The smallest absolute Gasteiger partial charge is 0.432 e. The molecule has 21 heteroatoms. The number of aliphatic hydroxyl groups excluding tert-OH is 12. The molecule has 2 aliphatic heterocycles. The van der Waals surface area contributed by atoms with Crippen molar-refractivity contribution in [2.45, 2.75) is 111 Å². The summed E-state index contributed by atoms with van der Waals surface area (Å²) in [6, 6.07) is 0. The molecule has 3 aliphatic rings. The highest BCUT2D eigenvalue weighted by Gasteiger charge is 2.57. The minimum atomic E-state index is -2.23. The fourth-order valence-electron chi connectivity index (χ4n) is 4.93. The van der Waals surface area contributed by atoms with Crippen molar-refractivity contribution < 1.29 is 104 Å². The minimum absolute atomic E-state index is 0.0837. The highest BCUT2D eigenvalue weighted by atomic mass is 16.8. The van der Waals surface area contributed by atoms with Gasteiger partial charge in [-0.15, -0.1) is 0 Å². The van der Waals surface area contributed by atoms with Crippen molar-refractivity contribution >= 4 is 18.2 Å². The third-order valence-corrected chi connectivity index (χ3v) is 7.49. The van der Waals surface area contributed by atoms with Gasteiger partial charge in [0.1, 0.15) is 86.0 Å². The molecule has 21 nitrogen and oxygen atoms in total. The number of hydrogen-bond donors (Lipinski definition) is 12. The zero-order valence-corrected chi connectivity index (χ0v) is 23.3. The zero-order chi connectivity index (χ0) is 33.7. The van der Waals surface area contributed by atoms with Crippen LogP contribution < -0.4 is 0 Å². The average molecular weight is 663 g/mol. The summed E-state index contributed by atoms with van der Waals surface area (Å²) >= 11 is 0. The second-order valence-corrected chi connectivity index (χ2v) is 10.7. The lowest BCUT2D eigenvalue weighted by Gasteiger charge is -2.49. The van der Waals surface area contributed by atoms with Gasteiger partial charge in [0.15, 0.2) is 30.8 Å². The lowest BCUT2D eigenvalue weighted by Crippen LogP contribution is -2.69. The molecular formula is C24H38O21. The first kappa shape index (κ1) is 37.4. The van der Waals surface area contributed by atoms with E-state index in [0.29, 0.717) is 0 Å². The normalized spacial score (nSPS) is 44.5. The Morgan fingerprint density at radius 1 is 0.644 bits per heavy atom. The van der Waals surface area contributed by atoms with E-state index < -0.39 is 142 Å². The van der Waals surface area contributed by atoms with E-state index in [-0.39, 0.29) is 6.29 Å². The Kier molecular flexibility index (Phi) is 13.5. The van der Waals surface area contributed by atoms with Crippen LogP contribution in [0.5, 0.6) is 0 Å². The Hall–Kier alpha value is -2.03. The van der Waals surface area contributed by atoms with Gasteiger partial charge in [-0.3, -0.25) is 9.59 Å². The number of carbonyl (C=O) groups excluding carboxylic acids is 3. The monoisotopic (exact) mass is 662 g/mol. The Morgan fingerprint density at radius 2 is 1.07 bits per heavy atom. The van der Waals surface area contributed by atoms with Crippen LogP contribution in [0.2, 0.25) is 0 Å². The third kappa shape index (κ3) is 8.47. The van der Waals surface area contributed by atoms with Crippen molar-refractivity contribution in [3.05, 3.63) is 0 Å². The quantitative estimate of drug-likeness (QED) is 0.0524. The molecule has 0 aromatic heterocycles. The predicted octanol–water partition coefficient (Wildman–Crippen LogP) is -8.51. The van der Waals surface area contributed by atoms with Gasteiger partial charge in [-0.2, -0.15) is 0 Å². The van der Waals surface area contributed by atoms with Gasteiger partial charge in [0.2, 0.25) is 0 Å². The Morgan fingerprint density at radius 3 is 1.47 bits per heavy atom. The van der Waals surface area contributed by atoms with E-state index >= 15 is 0 Å². The third-order valence-electron chi connectivity index (χ3n) is 7.49. The molecule has 0 amide bonds.